The summed E-state index contributed by atoms with van der Waals surface area (Å²) in [4.78, 5) is 16.1. The van der Waals surface area contributed by atoms with Crippen LogP contribution < -0.4 is 0 Å². The second-order valence-corrected chi connectivity index (χ2v) is 8.34. The monoisotopic (exact) mass is 346 g/mol. The summed E-state index contributed by atoms with van der Waals surface area (Å²) in [6, 6.07) is 4.46. The molecule has 2 aliphatic heterocycles. The fraction of sp³-hybridized carbons (Fsp3) is 0.588. The fourth-order valence-electron chi connectivity index (χ4n) is 3.60. The van der Waals surface area contributed by atoms with Crippen molar-refractivity contribution in [1.82, 2.24) is 19.9 Å². The Hall–Kier alpha value is -1.73. The molecule has 0 spiro atoms. The molecular formula is C17H22N4O2S. The van der Waals surface area contributed by atoms with Gasteiger partial charge in [-0.1, -0.05) is 18.2 Å². The van der Waals surface area contributed by atoms with Crippen molar-refractivity contribution in [2.24, 2.45) is 5.41 Å². The Balaban J connectivity index is 1.45. The van der Waals surface area contributed by atoms with Crippen molar-refractivity contribution in [1.29, 1.82) is 0 Å². The third kappa shape index (κ3) is 2.86. The zero-order valence-corrected chi connectivity index (χ0v) is 14.8. The number of thiophene rings is 1. The van der Waals surface area contributed by atoms with Gasteiger partial charge in [0.1, 0.15) is 0 Å². The quantitative estimate of drug-likeness (QED) is 0.853. The first-order valence-corrected chi connectivity index (χ1v) is 9.24. The molecule has 0 radical (unpaired) electrons. The summed E-state index contributed by atoms with van der Waals surface area (Å²) in [5.41, 5.74) is 0.552. The van der Waals surface area contributed by atoms with Crippen molar-refractivity contribution in [3.63, 3.8) is 0 Å². The Morgan fingerprint density at radius 1 is 1.50 bits per heavy atom. The van der Waals surface area contributed by atoms with Crippen molar-refractivity contribution in [2.45, 2.75) is 38.8 Å². The highest BCUT2D eigenvalue weighted by Gasteiger charge is 2.36. The Labute approximate surface area is 145 Å². The van der Waals surface area contributed by atoms with Gasteiger partial charge in [0.2, 0.25) is 0 Å². The maximum Gasteiger partial charge on any atom is 0.276 e. The van der Waals surface area contributed by atoms with E-state index < -0.39 is 0 Å². The minimum absolute atomic E-state index is 0.0113. The van der Waals surface area contributed by atoms with Crippen LogP contribution in [0.5, 0.6) is 0 Å². The maximum absolute atomic E-state index is 12.8. The molecule has 24 heavy (non-hydrogen) atoms. The summed E-state index contributed by atoms with van der Waals surface area (Å²) in [5.74, 6) is 0.424. The molecule has 1 amide bonds. The summed E-state index contributed by atoms with van der Waals surface area (Å²) >= 11 is 1.77. The predicted octanol–water partition coefficient (Wildman–Crippen LogP) is 2.39. The lowest BCUT2D eigenvalue weighted by Crippen LogP contribution is -2.43. The Kier molecular flexibility index (Phi) is 3.92. The van der Waals surface area contributed by atoms with E-state index in [1.165, 1.54) is 4.88 Å². The van der Waals surface area contributed by atoms with Gasteiger partial charge in [0.05, 0.1) is 26.0 Å². The smallest absolute Gasteiger partial charge is 0.276 e. The number of nitrogens with zero attached hydrogens (tertiary/aromatic N) is 4. The lowest BCUT2D eigenvalue weighted by Gasteiger charge is -2.37. The van der Waals surface area contributed by atoms with Gasteiger partial charge < -0.3 is 9.64 Å². The van der Waals surface area contributed by atoms with E-state index in [1.54, 1.807) is 22.2 Å². The van der Waals surface area contributed by atoms with Crippen molar-refractivity contribution >= 4 is 17.2 Å². The second kappa shape index (κ2) is 5.97. The van der Waals surface area contributed by atoms with E-state index in [1.807, 2.05) is 4.90 Å². The minimum Gasteiger partial charge on any atom is -0.380 e. The van der Waals surface area contributed by atoms with Crippen LogP contribution in [0, 0.1) is 5.41 Å². The highest BCUT2D eigenvalue weighted by Crippen LogP contribution is 2.34. The molecule has 2 fully saturated rings. The predicted molar refractivity (Wildman–Crippen MR) is 91.1 cm³/mol. The van der Waals surface area contributed by atoms with Crippen LogP contribution in [0.3, 0.4) is 0 Å². The van der Waals surface area contributed by atoms with Gasteiger partial charge in [0, 0.05) is 28.8 Å². The normalized spacial score (nSPS) is 25.7. The molecule has 4 heterocycles. The van der Waals surface area contributed by atoms with Gasteiger partial charge in [-0.05, 0) is 24.8 Å². The lowest BCUT2D eigenvalue weighted by atomic mass is 9.89. The van der Waals surface area contributed by atoms with Gasteiger partial charge >= 0.3 is 0 Å². The number of amides is 1. The average molecular weight is 346 g/mol. The number of aromatic nitrogens is 3. The van der Waals surface area contributed by atoms with E-state index in [0.717, 1.165) is 32.7 Å². The molecule has 2 saturated heterocycles. The molecule has 7 heteroatoms. The molecule has 2 aromatic rings. The minimum atomic E-state index is -0.0113. The number of rotatable bonds is 4. The maximum atomic E-state index is 12.8. The van der Waals surface area contributed by atoms with E-state index in [2.05, 4.69) is 41.7 Å². The van der Waals surface area contributed by atoms with Crippen LogP contribution in [0.1, 0.15) is 41.6 Å². The molecule has 128 valence electrons. The van der Waals surface area contributed by atoms with Crippen molar-refractivity contribution in [3.8, 4) is 0 Å². The zero-order chi connectivity index (χ0) is 16.7. The lowest BCUT2D eigenvalue weighted by molar-refractivity contribution is -0.111. The number of carbonyl (C=O) groups excluding carboxylic acids is 1. The van der Waals surface area contributed by atoms with Crippen molar-refractivity contribution in [2.75, 3.05) is 19.8 Å². The standard InChI is InChI=1S/C17H22N4O2S/c1-12-6-13(15-4-3-5-24-15)7-21(12)16(22)14-8-20(19-18-14)9-17(2)10-23-11-17/h3-5,8,12-13H,6-7,9-11H2,1-2H3. The van der Waals surface area contributed by atoms with E-state index in [4.69, 9.17) is 4.74 Å². The van der Waals surface area contributed by atoms with Crippen LogP contribution in [0.15, 0.2) is 23.7 Å². The molecule has 0 bridgehead atoms. The first-order valence-electron chi connectivity index (χ1n) is 8.36. The SMILES string of the molecule is CC1CC(c2cccs2)CN1C(=O)c1cn(CC2(C)COC2)nn1. The Morgan fingerprint density at radius 2 is 2.33 bits per heavy atom. The number of carbonyl (C=O) groups is 1. The van der Waals surface area contributed by atoms with Gasteiger partial charge in [-0.25, -0.2) is 0 Å². The van der Waals surface area contributed by atoms with Crippen molar-refractivity contribution < 1.29 is 9.53 Å². The van der Waals surface area contributed by atoms with Crippen LogP contribution in [0.2, 0.25) is 0 Å². The number of ether oxygens (including phenoxy) is 1. The topological polar surface area (TPSA) is 60.2 Å². The first-order chi connectivity index (χ1) is 11.5. The fourth-order valence-corrected chi connectivity index (χ4v) is 4.43. The van der Waals surface area contributed by atoms with E-state index in [9.17, 15) is 4.79 Å². The van der Waals surface area contributed by atoms with E-state index in [-0.39, 0.29) is 17.4 Å². The third-order valence-corrected chi connectivity index (χ3v) is 6.02. The van der Waals surface area contributed by atoms with Gasteiger partial charge in [-0.2, -0.15) is 0 Å². The van der Waals surface area contributed by atoms with Crippen LogP contribution in [0.25, 0.3) is 0 Å². The van der Waals surface area contributed by atoms with E-state index in [0.29, 0.717) is 11.6 Å². The third-order valence-electron chi connectivity index (χ3n) is 4.98. The molecule has 4 rings (SSSR count). The van der Waals surface area contributed by atoms with Crippen LogP contribution in [0.4, 0.5) is 0 Å². The van der Waals surface area contributed by atoms with Gasteiger partial charge in [-0.3, -0.25) is 9.48 Å². The molecular weight excluding hydrogens is 324 g/mol. The summed E-state index contributed by atoms with van der Waals surface area (Å²) < 4.78 is 7.04. The molecule has 2 aromatic heterocycles. The van der Waals surface area contributed by atoms with Crippen molar-refractivity contribution in [3.05, 3.63) is 34.3 Å². The molecule has 2 unspecified atom stereocenters. The zero-order valence-electron chi connectivity index (χ0n) is 14.0. The van der Waals surface area contributed by atoms with Gasteiger partial charge in [0.25, 0.3) is 5.91 Å². The van der Waals surface area contributed by atoms with Gasteiger partial charge in [-0.15, -0.1) is 16.4 Å². The molecule has 2 atom stereocenters. The van der Waals surface area contributed by atoms with Crippen LogP contribution in [-0.2, 0) is 11.3 Å². The van der Waals surface area contributed by atoms with E-state index >= 15 is 0 Å². The molecule has 0 aliphatic carbocycles. The molecule has 0 saturated carbocycles. The number of hydrogen-bond acceptors (Lipinski definition) is 5. The summed E-state index contributed by atoms with van der Waals surface area (Å²) in [6.07, 6.45) is 2.78. The number of likely N-dealkylation sites (tertiary alicyclic amines) is 1. The second-order valence-electron chi connectivity index (χ2n) is 7.36. The highest BCUT2D eigenvalue weighted by atomic mass is 32.1. The Bertz CT molecular complexity index is 723. The molecule has 0 N–H and O–H groups in total. The largest absolute Gasteiger partial charge is 0.380 e. The summed E-state index contributed by atoms with van der Waals surface area (Å²) in [7, 11) is 0. The first kappa shape index (κ1) is 15.8. The van der Waals surface area contributed by atoms with Crippen LogP contribution in [-0.4, -0.2) is 51.6 Å². The molecule has 6 nitrogen and oxygen atoms in total. The molecule has 0 aromatic carbocycles. The highest BCUT2D eigenvalue weighted by molar-refractivity contribution is 7.10. The number of hydrogen-bond donors (Lipinski definition) is 0. The van der Waals surface area contributed by atoms with Gasteiger partial charge in [0.15, 0.2) is 5.69 Å². The van der Waals surface area contributed by atoms with Crippen LogP contribution >= 0.6 is 11.3 Å². The summed E-state index contributed by atoms with van der Waals surface area (Å²) in [5, 5.41) is 10.3. The average Bonchev–Trinajstić information content (AvgIpc) is 3.24. The Morgan fingerprint density at radius 3 is 3.00 bits per heavy atom. The molecule has 2 aliphatic rings. The summed E-state index contributed by atoms with van der Waals surface area (Å²) in [6.45, 7) is 7.25.